The Morgan fingerprint density at radius 1 is 0.490 bits per heavy atom. The minimum absolute atomic E-state index is 0.0317. The molecular weight excluding hydrogens is 602 g/mol. The van der Waals surface area contributed by atoms with Crippen molar-refractivity contribution in [3.05, 3.63) is 24.3 Å². The average molecular weight is 690 g/mol. The van der Waals surface area contributed by atoms with E-state index >= 15 is 0 Å². The van der Waals surface area contributed by atoms with Gasteiger partial charge in [-0.25, -0.2) is 0 Å². The first kappa shape index (κ1) is 47.9. The van der Waals surface area contributed by atoms with Gasteiger partial charge in [0.1, 0.15) is 0 Å². The van der Waals surface area contributed by atoms with Crippen molar-refractivity contribution in [3.63, 3.8) is 0 Å². The fourth-order valence-corrected chi connectivity index (χ4v) is 6.80. The van der Waals surface area contributed by atoms with Gasteiger partial charge in [-0.3, -0.25) is 4.79 Å². The molecule has 0 fully saturated rings. The molecule has 0 bridgehead atoms. The molecule has 1 amide bonds. The van der Waals surface area contributed by atoms with Crippen LogP contribution in [0.3, 0.4) is 0 Å². The molecule has 0 radical (unpaired) electrons. The quantitative estimate of drug-likeness (QED) is 0.0443. The highest BCUT2D eigenvalue weighted by Gasteiger charge is 2.20. The van der Waals surface area contributed by atoms with E-state index in [-0.39, 0.29) is 12.5 Å². The molecule has 0 aromatic rings. The van der Waals surface area contributed by atoms with E-state index in [1.54, 1.807) is 0 Å². The minimum atomic E-state index is -0.656. The maximum absolute atomic E-state index is 12.4. The van der Waals surface area contributed by atoms with Crippen LogP contribution in [0.15, 0.2) is 24.3 Å². The van der Waals surface area contributed by atoms with Crippen molar-refractivity contribution in [3.8, 4) is 0 Å². The summed E-state index contributed by atoms with van der Waals surface area (Å²) in [5.74, 6) is -0.0317. The molecule has 0 heterocycles. The maximum atomic E-state index is 12.4. The van der Waals surface area contributed by atoms with Crippen molar-refractivity contribution < 1.29 is 15.0 Å². The molecule has 0 spiro atoms. The van der Waals surface area contributed by atoms with Crippen LogP contribution in [0.5, 0.6) is 0 Å². The van der Waals surface area contributed by atoms with Gasteiger partial charge in [0.25, 0.3) is 0 Å². The predicted molar refractivity (Wildman–Crippen MR) is 216 cm³/mol. The number of hydrogen-bond donors (Lipinski definition) is 3. The van der Waals surface area contributed by atoms with Crippen LogP contribution >= 0.6 is 0 Å². The van der Waals surface area contributed by atoms with Crippen molar-refractivity contribution in [1.29, 1.82) is 0 Å². The first-order valence-corrected chi connectivity index (χ1v) is 22.0. The number of aliphatic hydroxyl groups excluding tert-OH is 2. The van der Waals surface area contributed by atoms with E-state index in [0.717, 1.165) is 32.1 Å². The molecule has 4 nitrogen and oxygen atoms in total. The van der Waals surface area contributed by atoms with Gasteiger partial charge in [0.05, 0.1) is 18.8 Å². The van der Waals surface area contributed by atoms with E-state index in [1.165, 1.54) is 180 Å². The highest BCUT2D eigenvalue weighted by atomic mass is 16.3. The maximum Gasteiger partial charge on any atom is 0.220 e. The van der Waals surface area contributed by atoms with E-state index in [4.69, 9.17) is 0 Å². The van der Waals surface area contributed by atoms with Crippen LogP contribution < -0.4 is 5.32 Å². The van der Waals surface area contributed by atoms with Crippen LogP contribution in [0.1, 0.15) is 239 Å². The summed E-state index contributed by atoms with van der Waals surface area (Å²) >= 11 is 0. The van der Waals surface area contributed by atoms with Crippen molar-refractivity contribution in [2.45, 2.75) is 251 Å². The number of allylic oxidation sites excluding steroid dienone is 4. The summed E-state index contributed by atoms with van der Waals surface area (Å²) in [5.41, 5.74) is 0. The summed E-state index contributed by atoms with van der Waals surface area (Å²) < 4.78 is 0. The molecule has 4 heteroatoms. The lowest BCUT2D eigenvalue weighted by atomic mass is 10.0. The largest absolute Gasteiger partial charge is 0.394 e. The Balaban J connectivity index is 3.47. The smallest absolute Gasteiger partial charge is 0.220 e. The number of hydrogen-bond acceptors (Lipinski definition) is 3. The van der Waals surface area contributed by atoms with E-state index in [0.29, 0.717) is 12.8 Å². The first-order chi connectivity index (χ1) is 24.2. The van der Waals surface area contributed by atoms with Crippen LogP contribution in [0.25, 0.3) is 0 Å². The number of amides is 1. The van der Waals surface area contributed by atoms with E-state index in [2.05, 4.69) is 43.5 Å². The van der Waals surface area contributed by atoms with E-state index < -0.39 is 12.1 Å². The van der Waals surface area contributed by atoms with Crippen LogP contribution in [-0.4, -0.2) is 34.9 Å². The summed E-state index contributed by atoms with van der Waals surface area (Å²) in [6, 6.07) is -0.533. The van der Waals surface area contributed by atoms with Crippen LogP contribution in [-0.2, 0) is 4.79 Å². The Morgan fingerprint density at radius 3 is 1.22 bits per heavy atom. The summed E-state index contributed by atoms with van der Waals surface area (Å²) in [5, 5.41) is 23.1. The number of unbranched alkanes of at least 4 members (excludes halogenated alkanes) is 29. The van der Waals surface area contributed by atoms with Gasteiger partial charge < -0.3 is 15.5 Å². The second-order valence-electron chi connectivity index (χ2n) is 15.1. The summed E-state index contributed by atoms with van der Waals surface area (Å²) in [7, 11) is 0. The van der Waals surface area contributed by atoms with Gasteiger partial charge >= 0.3 is 0 Å². The zero-order chi connectivity index (χ0) is 35.7. The zero-order valence-electron chi connectivity index (χ0n) is 33.2. The number of carbonyl (C=O) groups excluding carboxylic acids is 1. The van der Waals surface area contributed by atoms with Gasteiger partial charge in [0.2, 0.25) is 5.91 Å². The molecule has 3 N–H and O–H groups in total. The summed E-state index contributed by atoms with van der Waals surface area (Å²) in [6.45, 7) is 4.35. The molecule has 49 heavy (non-hydrogen) atoms. The number of aliphatic hydroxyl groups is 2. The van der Waals surface area contributed by atoms with E-state index in [9.17, 15) is 15.0 Å². The van der Waals surface area contributed by atoms with Gasteiger partial charge in [-0.05, 0) is 44.9 Å². The van der Waals surface area contributed by atoms with Gasteiger partial charge in [0, 0.05) is 6.42 Å². The summed E-state index contributed by atoms with van der Waals surface area (Å²) in [6.07, 6.45) is 52.6. The second kappa shape index (κ2) is 41.3. The number of carbonyl (C=O) groups is 1. The van der Waals surface area contributed by atoms with Crippen LogP contribution in [0, 0.1) is 0 Å². The molecule has 0 aliphatic rings. The Kier molecular flexibility index (Phi) is 40.3. The summed E-state index contributed by atoms with van der Waals surface area (Å²) in [4.78, 5) is 12.4. The molecule has 0 aromatic carbocycles. The number of nitrogens with one attached hydrogen (secondary N) is 1. The van der Waals surface area contributed by atoms with Gasteiger partial charge in [-0.15, -0.1) is 0 Å². The number of rotatable bonds is 40. The Bertz CT molecular complexity index is 705. The lowest BCUT2D eigenvalue weighted by molar-refractivity contribution is -0.123. The molecule has 0 aromatic heterocycles. The Morgan fingerprint density at radius 2 is 0.837 bits per heavy atom. The van der Waals surface area contributed by atoms with Crippen molar-refractivity contribution in [1.82, 2.24) is 5.32 Å². The average Bonchev–Trinajstić information content (AvgIpc) is 3.10. The van der Waals surface area contributed by atoms with Crippen LogP contribution in [0.2, 0.25) is 0 Å². The van der Waals surface area contributed by atoms with Crippen molar-refractivity contribution >= 4 is 5.91 Å². The fourth-order valence-electron chi connectivity index (χ4n) is 6.80. The molecule has 0 saturated carbocycles. The normalized spacial score (nSPS) is 13.1. The zero-order valence-corrected chi connectivity index (χ0v) is 33.2. The highest BCUT2D eigenvalue weighted by Crippen LogP contribution is 2.16. The lowest BCUT2D eigenvalue weighted by Crippen LogP contribution is -2.45. The molecule has 290 valence electrons. The molecule has 2 unspecified atom stereocenters. The Hall–Kier alpha value is -1.13. The third-order valence-electron chi connectivity index (χ3n) is 10.2. The van der Waals surface area contributed by atoms with Gasteiger partial charge in [0.15, 0.2) is 0 Å². The monoisotopic (exact) mass is 690 g/mol. The van der Waals surface area contributed by atoms with E-state index in [1.807, 2.05) is 0 Å². The second-order valence-corrected chi connectivity index (χ2v) is 15.1. The standard InChI is InChI=1S/C45H87NO3/c1-3-5-7-9-11-13-15-17-18-19-20-21-22-23-24-25-26-27-28-29-31-33-35-37-39-41-45(49)46-43(42-47)44(48)40-38-36-34-32-30-16-14-12-10-8-6-4-2/h15,17,19-20,43-44,47-48H,3-14,16,18,21-42H2,1-2H3,(H,46,49)/b17-15-,20-19-. The van der Waals surface area contributed by atoms with Gasteiger partial charge in [-0.1, -0.05) is 212 Å². The van der Waals surface area contributed by atoms with Gasteiger partial charge in [-0.2, -0.15) is 0 Å². The molecular formula is C45H87NO3. The minimum Gasteiger partial charge on any atom is -0.394 e. The highest BCUT2D eigenvalue weighted by molar-refractivity contribution is 5.76. The van der Waals surface area contributed by atoms with Crippen molar-refractivity contribution in [2.75, 3.05) is 6.61 Å². The molecule has 0 rings (SSSR count). The molecule has 2 atom stereocenters. The third kappa shape index (κ3) is 37.9. The first-order valence-electron chi connectivity index (χ1n) is 22.0. The van der Waals surface area contributed by atoms with Crippen LogP contribution in [0.4, 0.5) is 0 Å². The Labute approximate surface area is 307 Å². The molecule has 0 aliphatic carbocycles. The SMILES string of the molecule is CCCCCCC/C=C\C/C=C\CCCCCCCCCCCCCCCC(=O)NC(CO)C(O)CCCCCCCCCCCCCC. The molecule has 0 aliphatic heterocycles. The predicted octanol–water partition coefficient (Wildman–Crippen LogP) is 13.6. The fraction of sp³-hybridized carbons (Fsp3) is 0.889. The van der Waals surface area contributed by atoms with Crippen molar-refractivity contribution in [2.24, 2.45) is 0 Å². The third-order valence-corrected chi connectivity index (χ3v) is 10.2. The topological polar surface area (TPSA) is 69.6 Å². The molecule has 0 saturated heterocycles. The lowest BCUT2D eigenvalue weighted by Gasteiger charge is -2.22.